The van der Waals surface area contributed by atoms with Crippen molar-refractivity contribution in [3.05, 3.63) is 51.6 Å². The first-order valence-electron chi connectivity index (χ1n) is 10.0. The standard InChI is InChI=1S/C23H24N2O6/c1-8(2)25-14-5-4-10-9(3)16-13(21(29)17(10)22(14)30)6-11-12(19(16)27)7-15(26)18(20(11)28)23(24)31/h4-5,7-9,13,25-28,30H,6H2,1-3H3,(H2,24,31). The summed E-state index contributed by atoms with van der Waals surface area (Å²) < 4.78 is 0. The number of hydrogen-bond acceptors (Lipinski definition) is 7. The molecule has 4 rings (SSSR count). The van der Waals surface area contributed by atoms with Crippen LogP contribution in [0.25, 0.3) is 5.76 Å². The highest BCUT2D eigenvalue weighted by Gasteiger charge is 2.44. The highest BCUT2D eigenvalue weighted by atomic mass is 16.3. The normalized spacial score (nSPS) is 19.7. The number of nitrogens with one attached hydrogen (secondary N) is 1. The number of primary amides is 1. The van der Waals surface area contributed by atoms with E-state index in [1.165, 1.54) is 6.07 Å². The lowest BCUT2D eigenvalue weighted by molar-refractivity contribution is 0.0921. The smallest absolute Gasteiger partial charge is 0.256 e. The summed E-state index contributed by atoms with van der Waals surface area (Å²) >= 11 is 0. The largest absolute Gasteiger partial charge is 0.507 e. The molecule has 2 unspecified atom stereocenters. The molecule has 2 aromatic rings. The number of allylic oxidation sites excluding steroid dienone is 1. The zero-order valence-electron chi connectivity index (χ0n) is 17.4. The molecule has 2 aromatic carbocycles. The number of fused-ring (bicyclic) bond motifs is 3. The maximum absolute atomic E-state index is 13.5. The van der Waals surface area contributed by atoms with Crippen LogP contribution in [0.15, 0.2) is 23.8 Å². The van der Waals surface area contributed by atoms with Gasteiger partial charge in [0.05, 0.1) is 17.2 Å². The van der Waals surface area contributed by atoms with E-state index in [9.17, 15) is 30.0 Å². The molecule has 0 bridgehead atoms. The van der Waals surface area contributed by atoms with E-state index in [1.807, 2.05) is 20.8 Å². The molecule has 0 aromatic heterocycles. The van der Waals surface area contributed by atoms with Gasteiger partial charge < -0.3 is 31.5 Å². The van der Waals surface area contributed by atoms with Crippen molar-refractivity contribution in [3.8, 4) is 17.2 Å². The summed E-state index contributed by atoms with van der Waals surface area (Å²) in [4.78, 5) is 25.1. The topological polar surface area (TPSA) is 153 Å². The second-order valence-corrected chi connectivity index (χ2v) is 8.38. The van der Waals surface area contributed by atoms with Crippen molar-refractivity contribution in [2.24, 2.45) is 11.7 Å². The van der Waals surface area contributed by atoms with E-state index in [0.717, 1.165) is 0 Å². The van der Waals surface area contributed by atoms with E-state index in [2.05, 4.69) is 5.32 Å². The van der Waals surface area contributed by atoms with E-state index in [-0.39, 0.29) is 40.7 Å². The molecule has 7 N–H and O–H groups in total. The first-order chi connectivity index (χ1) is 14.5. The lowest BCUT2D eigenvalue weighted by Gasteiger charge is -2.37. The monoisotopic (exact) mass is 424 g/mol. The quantitative estimate of drug-likeness (QED) is 0.414. The number of carbonyl (C=O) groups is 2. The lowest BCUT2D eigenvalue weighted by atomic mass is 9.66. The summed E-state index contributed by atoms with van der Waals surface area (Å²) in [5, 5.41) is 45.7. The van der Waals surface area contributed by atoms with Crippen LogP contribution in [-0.2, 0) is 6.42 Å². The second kappa shape index (κ2) is 6.94. The minimum absolute atomic E-state index is 0.00892. The average molecular weight is 424 g/mol. The van der Waals surface area contributed by atoms with Gasteiger partial charge in [0.15, 0.2) is 5.78 Å². The molecule has 8 nitrogen and oxygen atoms in total. The minimum atomic E-state index is -1.03. The van der Waals surface area contributed by atoms with Crippen LogP contribution >= 0.6 is 0 Å². The number of phenols is 3. The Labute approximate surface area is 178 Å². The van der Waals surface area contributed by atoms with Crippen LogP contribution in [-0.4, -0.2) is 38.2 Å². The van der Waals surface area contributed by atoms with Crippen molar-refractivity contribution in [2.45, 2.75) is 39.2 Å². The second-order valence-electron chi connectivity index (χ2n) is 8.38. The molecule has 2 aliphatic rings. The fourth-order valence-electron chi connectivity index (χ4n) is 4.73. The Morgan fingerprint density at radius 3 is 2.45 bits per heavy atom. The molecule has 8 heteroatoms. The first-order valence-corrected chi connectivity index (χ1v) is 10.0. The molecule has 31 heavy (non-hydrogen) atoms. The van der Waals surface area contributed by atoms with Crippen molar-refractivity contribution in [2.75, 3.05) is 5.32 Å². The van der Waals surface area contributed by atoms with Crippen LogP contribution in [0.3, 0.4) is 0 Å². The summed E-state index contributed by atoms with van der Waals surface area (Å²) in [6, 6.07) is 4.66. The first kappa shape index (κ1) is 20.6. The molecule has 0 saturated heterocycles. The molecule has 0 saturated carbocycles. The summed E-state index contributed by atoms with van der Waals surface area (Å²) in [5.74, 6) is -4.15. The molecule has 0 spiro atoms. The third-order valence-corrected chi connectivity index (χ3v) is 6.09. The van der Waals surface area contributed by atoms with Crippen LogP contribution in [0.1, 0.15) is 64.1 Å². The van der Waals surface area contributed by atoms with Crippen LogP contribution in [0, 0.1) is 5.92 Å². The highest BCUT2D eigenvalue weighted by molar-refractivity contribution is 6.08. The number of aromatic hydroxyl groups is 3. The fourth-order valence-corrected chi connectivity index (χ4v) is 4.73. The molecule has 2 aliphatic carbocycles. The number of Topliss-reactive ketones (excluding diaryl/α,β-unsaturated/α-hetero) is 1. The van der Waals surface area contributed by atoms with Crippen LogP contribution in [0.4, 0.5) is 5.69 Å². The van der Waals surface area contributed by atoms with E-state index in [0.29, 0.717) is 16.8 Å². The van der Waals surface area contributed by atoms with E-state index < -0.39 is 40.6 Å². The molecule has 1 amide bonds. The van der Waals surface area contributed by atoms with E-state index >= 15 is 0 Å². The Bertz CT molecular complexity index is 1180. The molecule has 0 heterocycles. The zero-order valence-corrected chi connectivity index (χ0v) is 17.4. The Kier molecular flexibility index (Phi) is 4.61. The van der Waals surface area contributed by atoms with E-state index in [4.69, 9.17) is 5.73 Å². The average Bonchev–Trinajstić information content (AvgIpc) is 2.67. The third kappa shape index (κ3) is 2.90. The number of benzene rings is 2. The summed E-state index contributed by atoms with van der Waals surface area (Å²) in [7, 11) is 0. The van der Waals surface area contributed by atoms with Gasteiger partial charge in [-0.1, -0.05) is 13.0 Å². The summed E-state index contributed by atoms with van der Waals surface area (Å²) in [6.45, 7) is 5.64. The molecule has 2 atom stereocenters. The molecule has 0 aliphatic heterocycles. The van der Waals surface area contributed by atoms with Crippen molar-refractivity contribution in [1.82, 2.24) is 0 Å². The number of carbonyl (C=O) groups excluding carboxylic acids is 2. The van der Waals surface area contributed by atoms with Gasteiger partial charge in [-0.25, -0.2) is 0 Å². The molecular weight excluding hydrogens is 400 g/mol. The van der Waals surface area contributed by atoms with Gasteiger partial charge in [0.25, 0.3) is 5.91 Å². The molecular formula is C23H24N2O6. The van der Waals surface area contributed by atoms with Gasteiger partial charge in [-0.3, -0.25) is 9.59 Å². The Morgan fingerprint density at radius 1 is 1.16 bits per heavy atom. The lowest BCUT2D eigenvalue weighted by Crippen LogP contribution is -2.33. The van der Waals surface area contributed by atoms with Gasteiger partial charge in [-0.2, -0.15) is 0 Å². The van der Waals surface area contributed by atoms with Crippen molar-refractivity contribution in [1.29, 1.82) is 0 Å². The van der Waals surface area contributed by atoms with Gasteiger partial charge in [0.1, 0.15) is 28.6 Å². The number of anilines is 1. The Hall–Kier alpha value is -3.68. The Morgan fingerprint density at radius 2 is 1.84 bits per heavy atom. The van der Waals surface area contributed by atoms with Crippen LogP contribution in [0.5, 0.6) is 17.2 Å². The number of amides is 1. The summed E-state index contributed by atoms with van der Waals surface area (Å²) in [6.07, 6.45) is -0.00892. The van der Waals surface area contributed by atoms with Gasteiger partial charge in [0, 0.05) is 23.1 Å². The summed E-state index contributed by atoms with van der Waals surface area (Å²) in [5.41, 5.74) is 6.74. The van der Waals surface area contributed by atoms with Crippen molar-refractivity contribution in [3.63, 3.8) is 0 Å². The van der Waals surface area contributed by atoms with Gasteiger partial charge in [-0.15, -0.1) is 0 Å². The van der Waals surface area contributed by atoms with Crippen molar-refractivity contribution < 1.29 is 30.0 Å². The van der Waals surface area contributed by atoms with Gasteiger partial charge >= 0.3 is 0 Å². The number of phenolic OH excluding ortho intramolecular Hbond substituents is 1. The van der Waals surface area contributed by atoms with Crippen molar-refractivity contribution >= 4 is 23.1 Å². The SMILES string of the molecule is CC(C)Nc1ccc2c(c1O)C(=O)C1Cc3c(cc(O)c(C(N)=O)c3O)C(O)=C1C2C. The zero-order chi connectivity index (χ0) is 22.8. The van der Waals surface area contributed by atoms with E-state index in [1.54, 1.807) is 12.1 Å². The third-order valence-electron chi connectivity index (χ3n) is 6.09. The number of rotatable bonds is 3. The number of hydrogen-bond donors (Lipinski definition) is 6. The Balaban J connectivity index is 1.93. The maximum atomic E-state index is 13.5. The highest BCUT2D eigenvalue weighted by Crippen LogP contribution is 2.52. The number of aliphatic hydroxyl groups is 1. The molecule has 0 fully saturated rings. The molecule has 162 valence electrons. The van der Waals surface area contributed by atoms with Gasteiger partial charge in [0.2, 0.25) is 0 Å². The van der Waals surface area contributed by atoms with Gasteiger partial charge in [-0.05, 0) is 43.5 Å². The van der Waals surface area contributed by atoms with Crippen LogP contribution in [0.2, 0.25) is 0 Å². The number of nitrogens with two attached hydrogens (primary N) is 1. The fraction of sp³-hybridized carbons (Fsp3) is 0.304. The maximum Gasteiger partial charge on any atom is 0.256 e. The number of ketones is 1. The van der Waals surface area contributed by atoms with Crippen LogP contribution < -0.4 is 11.1 Å². The predicted octanol–water partition coefficient (Wildman–Crippen LogP) is 3.16. The minimum Gasteiger partial charge on any atom is -0.507 e. The number of aliphatic hydroxyl groups excluding tert-OH is 1. The predicted molar refractivity (Wildman–Crippen MR) is 115 cm³/mol. The molecule has 0 radical (unpaired) electrons.